The van der Waals surface area contributed by atoms with E-state index in [1.165, 1.54) is 11.3 Å². The van der Waals surface area contributed by atoms with Gasteiger partial charge in [-0.3, -0.25) is 14.7 Å². The van der Waals surface area contributed by atoms with Gasteiger partial charge in [0.05, 0.1) is 17.4 Å². The molecule has 0 N–H and O–H groups in total. The second-order valence-corrected chi connectivity index (χ2v) is 9.31. The Hall–Kier alpha value is -2.97. The lowest BCUT2D eigenvalue weighted by Crippen LogP contribution is -2.54. The number of carbonyl (C=O) groups excluding carboxylic acids is 1. The smallest absolute Gasteiger partial charge is 0.279 e. The molecule has 2 atom stereocenters. The number of pyridine rings is 1. The Morgan fingerprint density at radius 3 is 2.84 bits per heavy atom. The summed E-state index contributed by atoms with van der Waals surface area (Å²) in [5.41, 5.74) is 1.65. The summed E-state index contributed by atoms with van der Waals surface area (Å²) >= 11 is 1.50. The van der Waals surface area contributed by atoms with E-state index in [4.69, 9.17) is 9.15 Å². The van der Waals surface area contributed by atoms with Crippen LogP contribution in [0, 0.1) is 0 Å². The number of amides is 1. The zero-order valence-electron chi connectivity index (χ0n) is 17.2. The molecule has 2 bridgehead atoms. The van der Waals surface area contributed by atoms with Gasteiger partial charge in [-0.25, -0.2) is 4.98 Å². The predicted molar refractivity (Wildman–Crippen MR) is 118 cm³/mol. The maximum absolute atomic E-state index is 11.8. The number of likely N-dealkylation sites (tertiary alicyclic amines) is 1. The Labute approximate surface area is 183 Å². The first-order valence-electron chi connectivity index (χ1n) is 10.5. The molecule has 1 aromatic carbocycles. The van der Waals surface area contributed by atoms with E-state index in [2.05, 4.69) is 20.9 Å². The van der Waals surface area contributed by atoms with E-state index >= 15 is 0 Å². The number of rotatable bonds is 4. The fourth-order valence-corrected chi connectivity index (χ4v) is 5.60. The predicted octanol–water partition coefficient (Wildman–Crippen LogP) is 4.42. The summed E-state index contributed by atoms with van der Waals surface area (Å²) in [5, 5.41) is 1.65. The Balaban J connectivity index is 1.20. The largest absolute Gasteiger partial charge is 0.460 e. The van der Waals surface area contributed by atoms with Gasteiger partial charge in [-0.05, 0) is 37.1 Å². The highest BCUT2D eigenvalue weighted by Gasteiger charge is 2.40. The average Bonchev–Trinajstić information content (AvgIpc) is 3.40. The van der Waals surface area contributed by atoms with E-state index in [0.29, 0.717) is 23.0 Å². The molecular formula is C23H22N4O3S. The van der Waals surface area contributed by atoms with E-state index in [9.17, 15) is 4.79 Å². The van der Waals surface area contributed by atoms with Crippen LogP contribution in [-0.2, 0) is 11.3 Å². The minimum Gasteiger partial charge on any atom is -0.460 e. The van der Waals surface area contributed by atoms with Crippen LogP contribution in [0.15, 0.2) is 47.1 Å². The van der Waals surface area contributed by atoms with Crippen LogP contribution in [0.1, 0.15) is 25.5 Å². The quantitative estimate of drug-likeness (QED) is 0.473. The number of benzene rings is 1. The number of hydrogen-bond acceptors (Lipinski definition) is 7. The molecule has 31 heavy (non-hydrogen) atoms. The number of nitrogens with zero attached hydrogens (tertiary/aromatic N) is 4. The third-order valence-corrected chi connectivity index (χ3v) is 7.25. The Bertz CT molecular complexity index is 1240. The summed E-state index contributed by atoms with van der Waals surface area (Å²) in [7, 11) is 0. The van der Waals surface area contributed by atoms with E-state index < -0.39 is 0 Å². The van der Waals surface area contributed by atoms with E-state index in [1.807, 2.05) is 29.2 Å². The van der Waals surface area contributed by atoms with Crippen LogP contribution in [0.3, 0.4) is 0 Å². The van der Waals surface area contributed by atoms with E-state index in [-0.39, 0.29) is 5.91 Å². The van der Waals surface area contributed by atoms with Crippen molar-refractivity contribution in [3.8, 4) is 10.9 Å². The molecule has 8 heteroatoms. The standard InChI is InChI=1S/C23H22N4O3S/c1-14(28)26-11-16-3-4-17(12-26)27(16)13-19-8-15-2-5-18(9-21(15)29-19)30-23-25-20-10-24-7-6-22(20)31-23/h2,5-10,16-17H,3-4,11-13H2,1H3. The van der Waals surface area contributed by atoms with Gasteiger partial charge in [0, 0.05) is 49.7 Å². The molecule has 2 saturated heterocycles. The average molecular weight is 435 g/mol. The molecular weight excluding hydrogens is 412 g/mol. The first-order chi connectivity index (χ1) is 15.1. The minimum atomic E-state index is 0.178. The summed E-state index contributed by atoms with van der Waals surface area (Å²) in [4.78, 5) is 24.9. The van der Waals surface area contributed by atoms with Gasteiger partial charge >= 0.3 is 0 Å². The van der Waals surface area contributed by atoms with Crippen molar-refractivity contribution >= 4 is 38.4 Å². The third-order valence-electron chi connectivity index (χ3n) is 6.34. The van der Waals surface area contributed by atoms with Crippen molar-refractivity contribution in [3.63, 3.8) is 0 Å². The lowest BCUT2D eigenvalue weighted by molar-refractivity contribution is -0.132. The highest BCUT2D eigenvalue weighted by molar-refractivity contribution is 7.20. The molecule has 2 fully saturated rings. The zero-order valence-corrected chi connectivity index (χ0v) is 18.0. The molecule has 0 spiro atoms. The second kappa shape index (κ2) is 7.32. The Kier molecular flexibility index (Phi) is 4.43. The molecule has 2 aliphatic rings. The zero-order chi connectivity index (χ0) is 20.9. The third kappa shape index (κ3) is 3.45. The van der Waals surface area contributed by atoms with Gasteiger partial charge in [0.1, 0.15) is 22.6 Å². The number of furan rings is 1. The molecule has 7 nitrogen and oxygen atoms in total. The number of thiazole rings is 1. The van der Waals surface area contributed by atoms with Crippen molar-refractivity contribution in [2.45, 2.75) is 38.4 Å². The highest BCUT2D eigenvalue weighted by Crippen LogP contribution is 2.35. The van der Waals surface area contributed by atoms with Crippen molar-refractivity contribution in [1.29, 1.82) is 0 Å². The van der Waals surface area contributed by atoms with E-state index in [1.54, 1.807) is 19.3 Å². The first-order valence-corrected chi connectivity index (χ1v) is 11.4. The molecule has 2 unspecified atom stereocenters. The summed E-state index contributed by atoms with van der Waals surface area (Å²) in [5.74, 6) is 1.83. The van der Waals surface area contributed by atoms with Crippen LogP contribution < -0.4 is 4.74 Å². The molecule has 158 valence electrons. The first kappa shape index (κ1) is 18.8. The van der Waals surface area contributed by atoms with Crippen molar-refractivity contribution in [1.82, 2.24) is 19.8 Å². The van der Waals surface area contributed by atoms with Gasteiger partial charge in [0.15, 0.2) is 0 Å². The van der Waals surface area contributed by atoms with Crippen molar-refractivity contribution in [2.75, 3.05) is 13.1 Å². The van der Waals surface area contributed by atoms with Crippen LogP contribution in [0.4, 0.5) is 0 Å². The van der Waals surface area contributed by atoms with Gasteiger partial charge in [-0.1, -0.05) is 11.3 Å². The summed E-state index contributed by atoms with van der Waals surface area (Å²) in [6, 6.07) is 10.8. The van der Waals surface area contributed by atoms with Crippen LogP contribution in [-0.4, -0.2) is 50.8 Å². The van der Waals surface area contributed by atoms with Gasteiger partial charge < -0.3 is 14.1 Å². The van der Waals surface area contributed by atoms with Crippen LogP contribution >= 0.6 is 11.3 Å². The van der Waals surface area contributed by atoms with Gasteiger partial charge in [0.25, 0.3) is 5.19 Å². The van der Waals surface area contributed by atoms with Gasteiger partial charge in [0.2, 0.25) is 5.91 Å². The van der Waals surface area contributed by atoms with Crippen molar-refractivity contribution in [2.24, 2.45) is 0 Å². The Morgan fingerprint density at radius 1 is 1.23 bits per heavy atom. The van der Waals surface area contributed by atoms with Crippen LogP contribution in [0.2, 0.25) is 0 Å². The minimum absolute atomic E-state index is 0.178. The van der Waals surface area contributed by atoms with Crippen molar-refractivity contribution < 1.29 is 13.9 Å². The maximum atomic E-state index is 11.8. The lowest BCUT2D eigenvalue weighted by Gasteiger charge is -2.40. The normalized spacial score (nSPS) is 21.3. The molecule has 0 radical (unpaired) electrons. The monoisotopic (exact) mass is 434 g/mol. The lowest BCUT2D eigenvalue weighted by atomic mass is 10.1. The summed E-state index contributed by atoms with van der Waals surface area (Å²) in [6.07, 6.45) is 5.78. The number of hydrogen-bond donors (Lipinski definition) is 0. The topological polar surface area (TPSA) is 71.7 Å². The Morgan fingerprint density at radius 2 is 2.06 bits per heavy atom. The maximum Gasteiger partial charge on any atom is 0.279 e. The molecule has 2 aliphatic heterocycles. The number of aromatic nitrogens is 2. The second-order valence-electron chi connectivity index (χ2n) is 8.32. The molecule has 1 amide bonds. The number of ether oxygens (including phenoxy) is 1. The SMILES string of the molecule is CC(=O)N1CC2CCC(C1)N2Cc1cc2ccc(Oc3nc4cnccc4s3)cc2o1. The fraction of sp³-hybridized carbons (Fsp3) is 0.348. The van der Waals surface area contributed by atoms with Crippen LogP contribution in [0.25, 0.3) is 21.2 Å². The molecule has 0 aliphatic carbocycles. The van der Waals surface area contributed by atoms with Gasteiger partial charge in [-0.2, -0.15) is 0 Å². The highest BCUT2D eigenvalue weighted by atomic mass is 32.1. The number of carbonyl (C=O) groups is 1. The molecule has 5 heterocycles. The summed E-state index contributed by atoms with van der Waals surface area (Å²) in [6.45, 7) is 4.08. The van der Waals surface area contributed by atoms with Gasteiger partial charge in [-0.15, -0.1) is 0 Å². The molecule has 3 aromatic heterocycles. The van der Waals surface area contributed by atoms with E-state index in [0.717, 1.165) is 59.4 Å². The molecule has 4 aromatic rings. The van der Waals surface area contributed by atoms with Crippen LogP contribution in [0.5, 0.6) is 10.9 Å². The molecule has 0 saturated carbocycles. The van der Waals surface area contributed by atoms with Crippen molar-refractivity contribution in [3.05, 3.63) is 48.5 Å². The summed E-state index contributed by atoms with van der Waals surface area (Å²) < 4.78 is 13.2. The fourth-order valence-electron chi connectivity index (χ4n) is 4.80. The number of piperazine rings is 1. The number of fused-ring (bicyclic) bond motifs is 4. The molecule has 6 rings (SSSR count).